The SMILES string of the molecule is COc1cccc(NC(=S)Nc2nn(Cc3ccc(Cl)cc3Cl)cc2Br)c1. The van der Waals surface area contributed by atoms with Crippen LogP contribution >= 0.6 is 51.3 Å². The molecule has 0 fully saturated rings. The molecule has 9 heteroatoms. The number of anilines is 2. The first kappa shape index (κ1) is 19.9. The lowest BCUT2D eigenvalue weighted by atomic mass is 10.2. The molecule has 140 valence electrons. The van der Waals surface area contributed by atoms with Gasteiger partial charge in [0.25, 0.3) is 0 Å². The molecule has 3 rings (SSSR count). The molecule has 3 aromatic rings. The van der Waals surface area contributed by atoms with E-state index in [-0.39, 0.29) is 0 Å². The van der Waals surface area contributed by atoms with Gasteiger partial charge in [-0.05, 0) is 58.0 Å². The van der Waals surface area contributed by atoms with Crippen LogP contribution < -0.4 is 15.4 Å². The van der Waals surface area contributed by atoms with Crippen molar-refractivity contribution >= 4 is 68.0 Å². The van der Waals surface area contributed by atoms with E-state index in [1.54, 1.807) is 23.9 Å². The zero-order chi connectivity index (χ0) is 19.4. The van der Waals surface area contributed by atoms with Gasteiger partial charge in [0.1, 0.15) is 5.75 Å². The molecule has 0 atom stereocenters. The Balaban J connectivity index is 1.67. The van der Waals surface area contributed by atoms with E-state index in [0.717, 1.165) is 21.5 Å². The third kappa shape index (κ3) is 5.35. The van der Waals surface area contributed by atoms with Crippen LogP contribution in [0.4, 0.5) is 11.5 Å². The van der Waals surface area contributed by atoms with E-state index in [4.69, 9.17) is 40.2 Å². The van der Waals surface area contributed by atoms with Crippen LogP contribution in [0.1, 0.15) is 5.56 Å². The lowest BCUT2D eigenvalue weighted by Crippen LogP contribution is -2.19. The molecule has 0 amide bonds. The molecule has 0 spiro atoms. The lowest BCUT2D eigenvalue weighted by molar-refractivity contribution is 0.415. The average molecular weight is 486 g/mol. The van der Waals surface area contributed by atoms with Crippen molar-refractivity contribution < 1.29 is 4.74 Å². The number of methoxy groups -OCH3 is 1. The van der Waals surface area contributed by atoms with Crippen LogP contribution in [-0.4, -0.2) is 22.0 Å². The zero-order valence-corrected chi connectivity index (χ0v) is 18.1. The molecule has 2 aromatic carbocycles. The average Bonchev–Trinajstić information content (AvgIpc) is 2.96. The third-order valence-corrected chi connectivity index (χ3v) is 5.00. The summed E-state index contributed by atoms with van der Waals surface area (Å²) in [5, 5.41) is 12.3. The molecule has 0 radical (unpaired) electrons. The van der Waals surface area contributed by atoms with Gasteiger partial charge in [-0.1, -0.05) is 35.3 Å². The van der Waals surface area contributed by atoms with Crippen molar-refractivity contribution in [3.8, 4) is 5.75 Å². The normalized spacial score (nSPS) is 10.5. The Morgan fingerprint density at radius 2 is 2.04 bits per heavy atom. The number of ether oxygens (including phenoxy) is 1. The molecule has 1 heterocycles. The van der Waals surface area contributed by atoms with Crippen LogP contribution in [-0.2, 0) is 6.54 Å². The van der Waals surface area contributed by atoms with Gasteiger partial charge < -0.3 is 15.4 Å². The number of hydrogen-bond acceptors (Lipinski definition) is 3. The predicted octanol–water partition coefficient (Wildman–Crippen LogP) is 5.82. The van der Waals surface area contributed by atoms with Gasteiger partial charge in [0.2, 0.25) is 0 Å². The topological polar surface area (TPSA) is 51.1 Å². The summed E-state index contributed by atoms with van der Waals surface area (Å²) in [6.45, 7) is 0.506. The van der Waals surface area contributed by atoms with Gasteiger partial charge in [0.05, 0.1) is 18.1 Å². The Morgan fingerprint density at radius 1 is 1.22 bits per heavy atom. The largest absolute Gasteiger partial charge is 0.497 e. The quantitative estimate of drug-likeness (QED) is 0.446. The highest BCUT2D eigenvalue weighted by Gasteiger charge is 2.10. The van der Waals surface area contributed by atoms with Crippen molar-refractivity contribution in [1.82, 2.24) is 9.78 Å². The van der Waals surface area contributed by atoms with Gasteiger partial charge in [-0.15, -0.1) is 0 Å². The van der Waals surface area contributed by atoms with Crippen molar-refractivity contribution in [2.45, 2.75) is 6.54 Å². The van der Waals surface area contributed by atoms with Crippen LogP contribution in [0.3, 0.4) is 0 Å². The number of thiocarbonyl (C=S) groups is 1. The first-order chi connectivity index (χ1) is 12.9. The lowest BCUT2D eigenvalue weighted by Gasteiger charge is -2.10. The summed E-state index contributed by atoms with van der Waals surface area (Å²) in [5.41, 5.74) is 1.73. The highest BCUT2D eigenvalue weighted by molar-refractivity contribution is 9.10. The summed E-state index contributed by atoms with van der Waals surface area (Å²) in [4.78, 5) is 0. The van der Waals surface area contributed by atoms with E-state index in [1.807, 2.05) is 36.5 Å². The van der Waals surface area contributed by atoms with Crippen molar-refractivity contribution in [2.24, 2.45) is 0 Å². The minimum Gasteiger partial charge on any atom is -0.497 e. The predicted molar refractivity (Wildman–Crippen MR) is 118 cm³/mol. The summed E-state index contributed by atoms with van der Waals surface area (Å²) < 4.78 is 7.74. The Bertz CT molecular complexity index is 980. The summed E-state index contributed by atoms with van der Waals surface area (Å²) in [5.74, 6) is 1.34. The fourth-order valence-corrected chi connectivity index (χ4v) is 3.46. The van der Waals surface area contributed by atoms with Crippen molar-refractivity contribution in [1.29, 1.82) is 0 Å². The second kappa shape index (κ2) is 8.93. The minimum atomic E-state index is 0.415. The molecule has 0 aliphatic heterocycles. The van der Waals surface area contributed by atoms with E-state index < -0.39 is 0 Å². The van der Waals surface area contributed by atoms with Crippen LogP contribution in [0, 0.1) is 0 Å². The van der Waals surface area contributed by atoms with Gasteiger partial charge in [-0.2, -0.15) is 5.10 Å². The molecule has 0 aliphatic rings. The molecule has 0 unspecified atom stereocenters. The molecule has 0 saturated heterocycles. The summed E-state index contributed by atoms with van der Waals surface area (Å²) in [6, 6.07) is 12.9. The Labute approximate surface area is 180 Å². The first-order valence-corrected chi connectivity index (χ1v) is 9.79. The van der Waals surface area contributed by atoms with E-state index in [2.05, 4.69) is 31.7 Å². The van der Waals surface area contributed by atoms with Gasteiger partial charge in [-0.25, -0.2) is 0 Å². The molecular weight excluding hydrogens is 471 g/mol. The second-order valence-corrected chi connectivity index (χ2v) is 7.68. The summed E-state index contributed by atoms with van der Waals surface area (Å²) >= 11 is 21.0. The Hall–Kier alpha value is -1.80. The fraction of sp³-hybridized carbons (Fsp3) is 0.111. The molecule has 0 bridgehead atoms. The summed E-state index contributed by atoms with van der Waals surface area (Å²) in [6.07, 6.45) is 1.85. The number of halogens is 3. The van der Waals surface area contributed by atoms with Gasteiger partial charge in [0, 0.05) is 28.0 Å². The Morgan fingerprint density at radius 3 is 2.78 bits per heavy atom. The number of hydrogen-bond donors (Lipinski definition) is 2. The highest BCUT2D eigenvalue weighted by atomic mass is 79.9. The maximum absolute atomic E-state index is 6.23. The van der Waals surface area contributed by atoms with Crippen LogP contribution in [0.15, 0.2) is 53.1 Å². The maximum atomic E-state index is 6.23. The molecule has 0 aliphatic carbocycles. The standard InChI is InChI=1S/C18H15BrCl2N4OS/c1-26-14-4-2-3-13(8-14)22-18(27)23-17-15(19)10-25(24-17)9-11-5-6-12(20)7-16(11)21/h2-8,10H,9H2,1H3,(H2,22,23,24,27). The monoisotopic (exact) mass is 484 g/mol. The number of rotatable bonds is 5. The van der Waals surface area contributed by atoms with E-state index >= 15 is 0 Å². The molecule has 1 aromatic heterocycles. The van der Waals surface area contributed by atoms with E-state index in [1.165, 1.54) is 0 Å². The van der Waals surface area contributed by atoms with Gasteiger partial charge in [0.15, 0.2) is 10.9 Å². The Kier molecular flexibility index (Phi) is 6.59. The molecule has 2 N–H and O–H groups in total. The van der Waals surface area contributed by atoms with Gasteiger partial charge >= 0.3 is 0 Å². The molecule has 0 saturated carbocycles. The fourth-order valence-electron chi connectivity index (χ4n) is 2.36. The van der Waals surface area contributed by atoms with Crippen molar-refractivity contribution in [2.75, 3.05) is 17.7 Å². The number of aromatic nitrogens is 2. The molecular formula is C18H15BrCl2N4OS. The maximum Gasteiger partial charge on any atom is 0.176 e. The smallest absolute Gasteiger partial charge is 0.176 e. The second-order valence-electron chi connectivity index (χ2n) is 5.57. The van der Waals surface area contributed by atoms with E-state index in [9.17, 15) is 0 Å². The minimum absolute atomic E-state index is 0.415. The van der Waals surface area contributed by atoms with Crippen LogP contribution in [0.25, 0.3) is 0 Å². The van der Waals surface area contributed by atoms with Crippen molar-refractivity contribution in [3.05, 3.63) is 68.7 Å². The number of nitrogens with zero attached hydrogens (tertiary/aromatic N) is 2. The summed E-state index contributed by atoms with van der Waals surface area (Å²) in [7, 11) is 1.62. The molecule has 27 heavy (non-hydrogen) atoms. The zero-order valence-electron chi connectivity index (χ0n) is 14.2. The van der Waals surface area contributed by atoms with Gasteiger partial charge in [-0.3, -0.25) is 4.68 Å². The first-order valence-electron chi connectivity index (χ1n) is 7.83. The number of nitrogens with one attached hydrogen (secondary N) is 2. The third-order valence-electron chi connectivity index (χ3n) is 3.62. The molecule has 5 nitrogen and oxygen atoms in total. The van der Waals surface area contributed by atoms with Crippen LogP contribution in [0.5, 0.6) is 5.75 Å². The van der Waals surface area contributed by atoms with Crippen LogP contribution in [0.2, 0.25) is 10.0 Å². The van der Waals surface area contributed by atoms with E-state index in [0.29, 0.717) is 27.5 Å². The van der Waals surface area contributed by atoms with Crippen molar-refractivity contribution in [3.63, 3.8) is 0 Å². The highest BCUT2D eigenvalue weighted by Crippen LogP contribution is 2.25. The number of benzene rings is 2.